The Hall–Kier alpha value is -0.0800. The Labute approximate surface area is 97.7 Å². The predicted molar refractivity (Wildman–Crippen MR) is 61.2 cm³/mol. The minimum Gasteiger partial charge on any atom is -0.369 e. The largest absolute Gasteiger partial charge is 0.369 e. The molecule has 0 aromatic carbocycles. The molecular weight excluding hydrogens is 200 g/mol. The van der Waals surface area contributed by atoms with Crippen LogP contribution in [0.5, 0.6) is 0 Å². The highest BCUT2D eigenvalue weighted by molar-refractivity contribution is 5.06. The van der Waals surface area contributed by atoms with Crippen LogP contribution in [0, 0.1) is 17.8 Å². The van der Waals surface area contributed by atoms with Gasteiger partial charge in [0.2, 0.25) is 0 Å². The maximum absolute atomic E-state index is 5.82. The van der Waals surface area contributed by atoms with Gasteiger partial charge >= 0.3 is 0 Å². The predicted octanol–water partition coefficient (Wildman–Crippen LogP) is 2.76. The van der Waals surface area contributed by atoms with Crippen LogP contribution in [0.25, 0.3) is 0 Å². The summed E-state index contributed by atoms with van der Waals surface area (Å²) < 4.78 is 11.6. The molecule has 2 saturated carbocycles. The summed E-state index contributed by atoms with van der Waals surface area (Å²) in [6, 6.07) is 0. The van der Waals surface area contributed by atoms with E-state index in [0.29, 0.717) is 18.3 Å². The summed E-state index contributed by atoms with van der Waals surface area (Å²) in [6.07, 6.45) is 8.60. The summed E-state index contributed by atoms with van der Waals surface area (Å²) in [6.45, 7) is 4.68. The molecule has 7 atom stereocenters. The summed E-state index contributed by atoms with van der Waals surface area (Å²) in [4.78, 5) is 0. The second-order valence-electron chi connectivity index (χ2n) is 6.81. The van der Waals surface area contributed by atoms with E-state index in [0.717, 1.165) is 17.8 Å². The van der Waals surface area contributed by atoms with E-state index in [4.69, 9.17) is 9.47 Å². The standard InChI is InChI=1S/C14H22O2/c1-8-5-10(6-11-13(8)15-11)9-3-4-12-14(2,7-9)16-12/h8-13H,3-7H2,1-2H3/t8?,9?,10?,11?,12-,13?,14?/m0/s1. The van der Waals surface area contributed by atoms with Crippen molar-refractivity contribution in [3.8, 4) is 0 Å². The van der Waals surface area contributed by atoms with Crippen LogP contribution in [-0.4, -0.2) is 23.9 Å². The minimum absolute atomic E-state index is 0.271. The van der Waals surface area contributed by atoms with Crippen LogP contribution in [-0.2, 0) is 9.47 Å². The van der Waals surface area contributed by atoms with E-state index in [1.54, 1.807) is 0 Å². The van der Waals surface area contributed by atoms with Crippen LogP contribution in [0.1, 0.15) is 46.0 Å². The molecule has 4 fully saturated rings. The van der Waals surface area contributed by atoms with Crippen molar-refractivity contribution < 1.29 is 9.47 Å². The molecule has 0 radical (unpaired) electrons. The fraction of sp³-hybridized carbons (Fsp3) is 1.00. The molecule has 2 heteroatoms. The van der Waals surface area contributed by atoms with Gasteiger partial charge in [-0.05, 0) is 56.8 Å². The molecule has 4 rings (SSSR count). The van der Waals surface area contributed by atoms with Crippen molar-refractivity contribution in [1.82, 2.24) is 0 Å². The topological polar surface area (TPSA) is 25.1 Å². The van der Waals surface area contributed by atoms with Gasteiger partial charge in [-0.25, -0.2) is 0 Å². The first kappa shape index (κ1) is 9.90. The molecule has 2 aliphatic carbocycles. The third kappa shape index (κ3) is 1.39. The Morgan fingerprint density at radius 1 is 1.12 bits per heavy atom. The maximum atomic E-state index is 5.82. The first-order chi connectivity index (χ1) is 7.66. The molecule has 0 N–H and O–H groups in total. The monoisotopic (exact) mass is 222 g/mol. The van der Waals surface area contributed by atoms with Gasteiger partial charge in [-0.1, -0.05) is 6.92 Å². The van der Waals surface area contributed by atoms with Crippen LogP contribution in [0.3, 0.4) is 0 Å². The summed E-state index contributed by atoms with van der Waals surface area (Å²) >= 11 is 0. The highest BCUT2D eigenvalue weighted by Crippen LogP contribution is 2.55. The number of fused-ring (bicyclic) bond motifs is 2. The zero-order chi connectivity index (χ0) is 10.9. The zero-order valence-corrected chi connectivity index (χ0v) is 10.3. The number of hydrogen-bond donors (Lipinski definition) is 0. The highest BCUT2D eigenvalue weighted by atomic mass is 16.6. The summed E-state index contributed by atoms with van der Waals surface area (Å²) in [5.74, 6) is 2.63. The molecule has 16 heavy (non-hydrogen) atoms. The Bertz CT molecular complexity index is 316. The third-order valence-electron chi connectivity index (χ3n) is 5.56. The summed E-state index contributed by atoms with van der Waals surface area (Å²) in [5.41, 5.74) is 0.271. The number of rotatable bonds is 1. The van der Waals surface area contributed by atoms with Crippen molar-refractivity contribution in [3.63, 3.8) is 0 Å². The van der Waals surface area contributed by atoms with Gasteiger partial charge in [0.1, 0.15) is 0 Å². The van der Waals surface area contributed by atoms with Crippen LogP contribution in [0.15, 0.2) is 0 Å². The fourth-order valence-electron chi connectivity index (χ4n) is 4.46. The quantitative estimate of drug-likeness (QED) is 0.637. The van der Waals surface area contributed by atoms with Crippen LogP contribution >= 0.6 is 0 Å². The molecule has 2 heterocycles. The van der Waals surface area contributed by atoms with Gasteiger partial charge in [0.25, 0.3) is 0 Å². The van der Waals surface area contributed by atoms with Gasteiger partial charge in [0.15, 0.2) is 0 Å². The van der Waals surface area contributed by atoms with Crippen molar-refractivity contribution in [2.45, 2.75) is 69.9 Å². The molecule has 0 spiro atoms. The molecule has 90 valence electrons. The summed E-state index contributed by atoms with van der Waals surface area (Å²) in [5, 5.41) is 0. The van der Waals surface area contributed by atoms with E-state index in [9.17, 15) is 0 Å². The van der Waals surface area contributed by atoms with Crippen LogP contribution < -0.4 is 0 Å². The lowest BCUT2D eigenvalue weighted by Gasteiger charge is -2.34. The van der Waals surface area contributed by atoms with Gasteiger partial charge in [-0.3, -0.25) is 0 Å². The normalized spacial score (nSPS) is 63.4. The van der Waals surface area contributed by atoms with Crippen LogP contribution in [0.4, 0.5) is 0 Å². The Kier molecular flexibility index (Phi) is 1.87. The van der Waals surface area contributed by atoms with Crippen LogP contribution in [0.2, 0.25) is 0 Å². The zero-order valence-electron chi connectivity index (χ0n) is 10.3. The molecule has 0 aromatic heterocycles. The van der Waals surface area contributed by atoms with Gasteiger partial charge in [0, 0.05) is 0 Å². The van der Waals surface area contributed by atoms with E-state index in [-0.39, 0.29) is 5.60 Å². The lowest BCUT2D eigenvalue weighted by atomic mass is 9.69. The van der Waals surface area contributed by atoms with E-state index in [2.05, 4.69) is 13.8 Å². The van der Waals surface area contributed by atoms with E-state index in [1.807, 2.05) is 0 Å². The summed E-state index contributed by atoms with van der Waals surface area (Å²) in [7, 11) is 0. The molecule has 2 aliphatic heterocycles. The lowest BCUT2D eigenvalue weighted by Crippen LogP contribution is -2.32. The van der Waals surface area contributed by atoms with Crippen molar-refractivity contribution in [1.29, 1.82) is 0 Å². The van der Waals surface area contributed by atoms with Gasteiger partial charge < -0.3 is 9.47 Å². The third-order valence-corrected chi connectivity index (χ3v) is 5.56. The molecule has 0 bridgehead atoms. The SMILES string of the molecule is CC1CC(C2CC[C@@H]3OC3(C)C2)CC2OC12. The smallest absolute Gasteiger partial charge is 0.0923 e. The molecule has 2 nitrogen and oxygen atoms in total. The second-order valence-corrected chi connectivity index (χ2v) is 6.81. The number of hydrogen-bond acceptors (Lipinski definition) is 2. The molecular formula is C14H22O2. The molecule has 4 aliphatic rings. The molecule has 0 aromatic rings. The van der Waals surface area contributed by atoms with E-state index >= 15 is 0 Å². The molecule has 0 amide bonds. The second kappa shape index (κ2) is 3.02. The van der Waals surface area contributed by atoms with Crippen molar-refractivity contribution in [3.05, 3.63) is 0 Å². The first-order valence-corrected chi connectivity index (χ1v) is 6.99. The Morgan fingerprint density at radius 2 is 2.00 bits per heavy atom. The maximum Gasteiger partial charge on any atom is 0.0923 e. The average molecular weight is 222 g/mol. The van der Waals surface area contributed by atoms with E-state index in [1.165, 1.54) is 32.1 Å². The van der Waals surface area contributed by atoms with E-state index < -0.39 is 0 Å². The van der Waals surface area contributed by atoms with Crippen molar-refractivity contribution in [2.75, 3.05) is 0 Å². The van der Waals surface area contributed by atoms with Gasteiger partial charge in [0.05, 0.1) is 23.9 Å². The van der Waals surface area contributed by atoms with Crippen molar-refractivity contribution >= 4 is 0 Å². The highest BCUT2D eigenvalue weighted by Gasteiger charge is 2.58. The molecule has 2 saturated heterocycles. The molecule has 6 unspecified atom stereocenters. The number of epoxide rings is 2. The Balaban J connectivity index is 1.45. The fourth-order valence-corrected chi connectivity index (χ4v) is 4.46. The lowest BCUT2D eigenvalue weighted by molar-refractivity contribution is 0.168. The minimum atomic E-state index is 0.271. The Morgan fingerprint density at radius 3 is 2.75 bits per heavy atom. The average Bonchev–Trinajstić information content (AvgIpc) is 3.08. The first-order valence-electron chi connectivity index (χ1n) is 6.99. The van der Waals surface area contributed by atoms with Crippen molar-refractivity contribution in [2.24, 2.45) is 17.8 Å². The number of ether oxygens (including phenoxy) is 2. The van der Waals surface area contributed by atoms with Gasteiger partial charge in [-0.15, -0.1) is 0 Å². The van der Waals surface area contributed by atoms with Gasteiger partial charge in [-0.2, -0.15) is 0 Å².